The lowest BCUT2D eigenvalue weighted by Crippen LogP contribution is -2.30. The molecule has 0 unspecified atom stereocenters. The zero-order valence-electron chi connectivity index (χ0n) is 12.7. The first kappa shape index (κ1) is 15.4. The van der Waals surface area contributed by atoms with Crippen LogP contribution in [0.2, 0.25) is 0 Å². The predicted octanol–water partition coefficient (Wildman–Crippen LogP) is 1.96. The summed E-state index contributed by atoms with van der Waals surface area (Å²) in [6.45, 7) is 6.08. The molecular weight excluding hydrogens is 286 g/mol. The summed E-state index contributed by atoms with van der Waals surface area (Å²) < 4.78 is 0. The van der Waals surface area contributed by atoms with E-state index in [0.717, 1.165) is 0 Å². The van der Waals surface area contributed by atoms with E-state index in [1.807, 2.05) is 18.4 Å². The van der Waals surface area contributed by atoms with Crippen LogP contribution in [0.3, 0.4) is 0 Å². The van der Waals surface area contributed by atoms with Crippen LogP contribution in [0.15, 0.2) is 16.2 Å². The summed E-state index contributed by atoms with van der Waals surface area (Å²) >= 11 is 1.64. The Bertz CT molecular complexity index is 718. The van der Waals surface area contributed by atoms with E-state index in [2.05, 4.69) is 9.97 Å². The number of aryl methyl sites for hydroxylation is 3. The number of nitrogens with zero attached hydrogens (tertiary/aromatic N) is 2. The number of carbonyl (C=O) groups is 1. The second-order valence-corrected chi connectivity index (χ2v) is 6.17. The van der Waals surface area contributed by atoms with Crippen molar-refractivity contribution >= 4 is 17.2 Å². The topological polar surface area (TPSA) is 66.1 Å². The van der Waals surface area contributed by atoms with Gasteiger partial charge in [0.05, 0.1) is 13.0 Å². The standard InChI is InChI=1S/C15H19N3O2S/c1-9-5-6-21-13(9)8-18(4)14(19)7-12-10(2)16-11(3)17-15(12)20/h5-6H,7-8H2,1-4H3,(H,16,17,20). The molecule has 0 saturated carbocycles. The number of rotatable bonds is 4. The molecule has 0 spiro atoms. The van der Waals surface area contributed by atoms with Crippen LogP contribution in [0, 0.1) is 20.8 Å². The van der Waals surface area contributed by atoms with E-state index >= 15 is 0 Å². The van der Waals surface area contributed by atoms with Crippen molar-refractivity contribution in [3.05, 3.63) is 49.3 Å². The second-order valence-electron chi connectivity index (χ2n) is 5.17. The summed E-state index contributed by atoms with van der Waals surface area (Å²) in [6.07, 6.45) is 0.0787. The summed E-state index contributed by atoms with van der Waals surface area (Å²) in [5, 5.41) is 2.02. The molecule has 5 nitrogen and oxygen atoms in total. The van der Waals surface area contributed by atoms with E-state index in [-0.39, 0.29) is 17.9 Å². The van der Waals surface area contributed by atoms with Gasteiger partial charge in [-0.3, -0.25) is 9.59 Å². The van der Waals surface area contributed by atoms with E-state index in [1.54, 1.807) is 37.1 Å². The van der Waals surface area contributed by atoms with Crippen LogP contribution in [0.25, 0.3) is 0 Å². The molecule has 1 N–H and O–H groups in total. The van der Waals surface area contributed by atoms with Crippen LogP contribution in [0.5, 0.6) is 0 Å². The highest BCUT2D eigenvalue weighted by Gasteiger charge is 2.16. The number of H-pyrrole nitrogens is 1. The molecule has 2 aromatic rings. The van der Waals surface area contributed by atoms with Crippen LogP contribution >= 0.6 is 11.3 Å². The fourth-order valence-corrected chi connectivity index (χ4v) is 3.07. The van der Waals surface area contributed by atoms with Crippen LogP contribution < -0.4 is 5.56 Å². The zero-order chi connectivity index (χ0) is 15.6. The lowest BCUT2D eigenvalue weighted by molar-refractivity contribution is -0.129. The van der Waals surface area contributed by atoms with E-state index in [0.29, 0.717) is 23.6 Å². The highest BCUT2D eigenvalue weighted by atomic mass is 32.1. The number of aromatic nitrogens is 2. The van der Waals surface area contributed by atoms with Gasteiger partial charge in [-0.05, 0) is 37.8 Å². The molecule has 0 aliphatic carbocycles. The molecule has 21 heavy (non-hydrogen) atoms. The maximum atomic E-state index is 12.3. The first-order chi connectivity index (χ1) is 9.88. The molecule has 1 amide bonds. The summed E-state index contributed by atoms with van der Waals surface area (Å²) in [7, 11) is 1.76. The minimum Gasteiger partial charge on any atom is -0.340 e. The zero-order valence-corrected chi connectivity index (χ0v) is 13.5. The van der Waals surface area contributed by atoms with Crippen molar-refractivity contribution in [2.75, 3.05) is 7.05 Å². The molecule has 2 heterocycles. The van der Waals surface area contributed by atoms with Gasteiger partial charge in [0.1, 0.15) is 5.82 Å². The van der Waals surface area contributed by atoms with Crippen molar-refractivity contribution in [3.63, 3.8) is 0 Å². The maximum Gasteiger partial charge on any atom is 0.254 e. The van der Waals surface area contributed by atoms with Crippen molar-refractivity contribution < 1.29 is 4.79 Å². The summed E-state index contributed by atoms with van der Waals surface area (Å²) in [4.78, 5) is 33.9. The first-order valence-electron chi connectivity index (χ1n) is 6.72. The van der Waals surface area contributed by atoms with E-state index in [1.165, 1.54) is 10.4 Å². The molecule has 0 fully saturated rings. The van der Waals surface area contributed by atoms with Gasteiger partial charge in [-0.2, -0.15) is 0 Å². The molecule has 0 atom stereocenters. The summed E-state index contributed by atoms with van der Waals surface area (Å²) in [5.74, 6) is 0.485. The average Bonchev–Trinajstić information content (AvgIpc) is 2.79. The SMILES string of the molecule is Cc1nc(C)c(CC(=O)N(C)Cc2sccc2C)c(=O)[nH]1. The first-order valence-corrected chi connectivity index (χ1v) is 7.59. The van der Waals surface area contributed by atoms with Gasteiger partial charge in [-0.15, -0.1) is 11.3 Å². The van der Waals surface area contributed by atoms with Gasteiger partial charge in [-0.1, -0.05) is 0 Å². The molecule has 0 aliphatic heterocycles. The molecule has 0 radical (unpaired) electrons. The molecule has 6 heteroatoms. The summed E-state index contributed by atoms with van der Waals surface area (Å²) in [6, 6.07) is 2.04. The van der Waals surface area contributed by atoms with Gasteiger partial charge in [0, 0.05) is 23.2 Å². The highest BCUT2D eigenvalue weighted by molar-refractivity contribution is 7.10. The number of nitrogens with one attached hydrogen (secondary N) is 1. The Morgan fingerprint density at radius 2 is 2.10 bits per heavy atom. The predicted molar refractivity (Wildman–Crippen MR) is 83.6 cm³/mol. The monoisotopic (exact) mass is 305 g/mol. The smallest absolute Gasteiger partial charge is 0.254 e. The van der Waals surface area contributed by atoms with Crippen molar-refractivity contribution in [3.8, 4) is 0 Å². The van der Waals surface area contributed by atoms with Crippen molar-refractivity contribution in [1.29, 1.82) is 0 Å². The van der Waals surface area contributed by atoms with Gasteiger partial charge < -0.3 is 9.88 Å². The van der Waals surface area contributed by atoms with Gasteiger partial charge in [0.2, 0.25) is 5.91 Å². The van der Waals surface area contributed by atoms with Crippen molar-refractivity contribution in [1.82, 2.24) is 14.9 Å². The van der Waals surface area contributed by atoms with Gasteiger partial charge in [0.15, 0.2) is 0 Å². The Labute approximate surface area is 127 Å². The lowest BCUT2D eigenvalue weighted by Gasteiger charge is -2.17. The van der Waals surface area contributed by atoms with Crippen LogP contribution in [0.4, 0.5) is 0 Å². The molecule has 0 aromatic carbocycles. The van der Waals surface area contributed by atoms with Crippen LogP contribution in [-0.2, 0) is 17.8 Å². The van der Waals surface area contributed by atoms with E-state index in [9.17, 15) is 9.59 Å². The molecule has 112 valence electrons. The fourth-order valence-electron chi connectivity index (χ4n) is 2.12. The van der Waals surface area contributed by atoms with E-state index < -0.39 is 0 Å². The van der Waals surface area contributed by atoms with Gasteiger partial charge in [0.25, 0.3) is 5.56 Å². The van der Waals surface area contributed by atoms with E-state index in [4.69, 9.17) is 0 Å². The minimum atomic E-state index is -0.228. The molecule has 0 bridgehead atoms. The van der Waals surface area contributed by atoms with Crippen molar-refractivity contribution in [2.24, 2.45) is 0 Å². The Balaban J connectivity index is 2.11. The molecule has 2 aromatic heterocycles. The number of hydrogen-bond donors (Lipinski definition) is 1. The molecule has 0 aliphatic rings. The normalized spacial score (nSPS) is 10.7. The quantitative estimate of drug-likeness (QED) is 0.939. The number of hydrogen-bond acceptors (Lipinski definition) is 4. The third-order valence-corrected chi connectivity index (χ3v) is 4.45. The Morgan fingerprint density at radius 1 is 1.38 bits per heavy atom. The Morgan fingerprint density at radius 3 is 2.67 bits per heavy atom. The molecular formula is C15H19N3O2S. The van der Waals surface area contributed by atoms with Crippen molar-refractivity contribution in [2.45, 2.75) is 33.7 Å². The third kappa shape index (κ3) is 3.58. The average molecular weight is 305 g/mol. The number of aromatic amines is 1. The van der Waals surface area contributed by atoms with Gasteiger partial charge in [-0.25, -0.2) is 4.98 Å². The number of amides is 1. The molecule has 2 rings (SSSR count). The largest absolute Gasteiger partial charge is 0.340 e. The number of thiophene rings is 1. The van der Waals surface area contributed by atoms with Crippen LogP contribution in [0.1, 0.15) is 27.5 Å². The third-order valence-electron chi connectivity index (χ3n) is 3.44. The Hall–Kier alpha value is -1.95. The maximum absolute atomic E-state index is 12.3. The van der Waals surface area contributed by atoms with Crippen LogP contribution in [-0.4, -0.2) is 27.8 Å². The van der Waals surface area contributed by atoms with Gasteiger partial charge >= 0.3 is 0 Å². The summed E-state index contributed by atoms with van der Waals surface area (Å²) in [5.41, 5.74) is 2.02. The fraction of sp³-hybridized carbons (Fsp3) is 0.400. The second kappa shape index (κ2) is 6.22. The number of carbonyl (C=O) groups excluding carboxylic acids is 1. The lowest BCUT2D eigenvalue weighted by atomic mass is 10.1. The number of likely N-dealkylation sites (N-methyl/N-ethyl adjacent to an activating group) is 1. The Kier molecular flexibility index (Phi) is 4.57. The minimum absolute atomic E-state index is 0.0787. The highest BCUT2D eigenvalue weighted by Crippen LogP contribution is 2.17. The molecule has 0 saturated heterocycles.